The second-order valence-corrected chi connectivity index (χ2v) is 5.03. The number of halogens is 1. The molecular weight excluding hydrogens is 264 g/mol. The Hall–Kier alpha value is -1.46. The lowest BCUT2D eigenvalue weighted by Gasteiger charge is -2.36. The minimum Gasteiger partial charge on any atom is -0.409 e. The first kappa shape index (κ1) is 14.0. The third-order valence-electron chi connectivity index (χ3n) is 3.38. The Morgan fingerprint density at radius 2 is 1.95 bits per heavy atom. The summed E-state index contributed by atoms with van der Waals surface area (Å²) < 4.78 is 0. The molecule has 1 aromatic carbocycles. The minimum absolute atomic E-state index is 0.286. The Kier molecular flexibility index (Phi) is 4.87. The third kappa shape index (κ3) is 3.75. The van der Waals surface area contributed by atoms with Crippen LogP contribution in [0.4, 0.5) is 5.69 Å². The van der Waals surface area contributed by atoms with E-state index in [9.17, 15) is 0 Å². The highest BCUT2D eigenvalue weighted by molar-refractivity contribution is 6.33. The van der Waals surface area contributed by atoms with Gasteiger partial charge in [-0.05, 0) is 12.1 Å². The molecule has 0 unspecified atom stereocenters. The van der Waals surface area contributed by atoms with Gasteiger partial charge in [-0.3, -0.25) is 4.90 Å². The predicted octanol–water partition coefficient (Wildman–Crippen LogP) is 1.60. The summed E-state index contributed by atoms with van der Waals surface area (Å²) in [6, 6.07) is 7.92. The van der Waals surface area contributed by atoms with E-state index in [1.807, 2.05) is 24.3 Å². The lowest BCUT2D eigenvalue weighted by atomic mass is 10.2. The Balaban J connectivity index is 1.84. The van der Waals surface area contributed by atoms with Crippen molar-refractivity contribution >= 4 is 23.1 Å². The summed E-state index contributed by atoms with van der Waals surface area (Å²) in [6.45, 7) is 4.64. The number of benzene rings is 1. The summed E-state index contributed by atoms with van der Waals surface area (Å²) in [5.74, 6) is 0.286. The first-order chi connectivity index (χ1) is 9.20. The molecule has 0 saturated carbocycles. The molecule has 1 heterocycles. The molecule has 1 saturated heterocycles. The van der Waals surface area contributed by atoms with Crippen molar-refractivity contribution in [1.82, 2.24) is 4.90 Å². The number of nitrogens with zero attached hydrogens (tertiary/aromatic N) is 3. The van der Waals surface area contributed by atoms with Gasteiger partial charge in [0.25, 0.3) is 0 Å². The van der Waals surface area contributed by atoms with Crippen LogP contribution in [0.25, 0.3) is 0 Å². The van der Waals surface area contributed by atoms with Crippen molar-refractivity contribution in [1.29, 1.82) is 0 Å². The number of anilines is 1. The summed E-state index contributed by atoms with van der Waals surface area (Å²) in [7, 11) is 0. The smallest absolute Gasteiger partial charge is 0.140 e. The number of nitrogens with two attached hydrogens (primary N) is 1. The number of rotatable bonds is 4. The summed E-state index contributed by atoms with van der Waals surface area (Å²) >= 11 is 6.20. The van der Waals surface area contributed by atoms with Crippen LogP contribution in [-0.4, -0.2) is 48.7 Å². The number of oxime groups is 1. The van der Waals surface area contributed by atoms with E-state index in [-0.39, 0.29) is 5.84 Å². The maximum absolute atomic E-state index is 8.51. The predicted molar refractivity (Wildman–Crippen MR) is 78.1 cm³/mol. The zero-order valence-corrected chi connectivity index (χ0v) is 11.6. The highest BCUT2D eigenvalue weighted by Crippen LogP contribution is 2.25. The van der Waals surface area contributed by atoms with Crippen molar-refractivity contribution in [2.75, 3.05) is 37.6 Å². The molecule has 0 radical (unpaired) electrons. The standard InChI is InChI=1S/C13H19ClN4O/c14-11-3-1-2-4-12(11)18-9-7-17(8-10-18)6-5-13(15)16-19/h1-4,19H,5-10H2,(H2,15,16). The molecule has 1 aromatic rings. The summed E-state index contributed by atoms with van der Waals surface area (Å²) in [5, 5.41) is 12.3. The van der Waals surface area contributed by atoms with Crippen LogP contribution in [0, 0.1) is 0 Å². The van der Waals surface area contributed by atoms with Gasteiger partial charge in [0, 0.05) is 39.1 Å². The van der Waals surface area contributed by atoms with E-state index >= 15 is 0 Å². The second kappa shape index (κ2) is 6.63. The number of piperazine rings is 1. The van der Waals surface area contributed by atoms with Crippen LogP contribution in [-0.2, 0) is 0 Å². The number of amidine groups is 1. The Morgan fingerprint density at radius 3 is 2.58 bits per heavy atom. The van der Waals surface area contributed by atoms with Gasteiger partial charge < -0.3 is 15.8 Å². The zero-order valence-electron chi connectivity index (χ0n) is 10.8. The molecule has 0 spiro atoms. The van der Waals surface area contributed by atoms with Crippen molar-refractivity contribution in [2.45, 2.75) is 6.42 Å². The highest BCUT2D eigenvalue weighted by atomic mass is 35.5. The first-order valence-corrected chi connectivity index (χ1v) is 6.76. The van der Waals surface area contributed by atoms with E-state index in [0.29, 0.717) is 6.42 Å². The van der Waals surface area contributed by atoms with Gasteiger partial charge >= 0.3 is 0 Å². The van der Waals surface area contributed by atoms with Gasteiger partial charge in [0.1, 0.15) is 5.84 Å². The van der Waals surface area contributed by atoms with Crippen molar-refractivity contribution in [3.05, 3.63) is 29.3 Å². The van der Waals surface area contributed by atoms with E-state index in [1.54, 1.807) is 0 Å². The molecule has 5 nitrogen and oxygen atoms in total. The fraction of sp³-hybridized carbons (Fsp3) is 0.462. The second-order valence-electron chi connectivity index (χ2n) is 4.62. The maximum Gasteiger partial charge on any atom is 0.140 e. The van der Waals surface area contributed by atoms with Gasteiger partial charge in [-0.15, -0.1) is 0 Å². The van der Waals surface area contributed by atoms with Crippen LogP contribution in [0.2, 0.25) is 5.02 Å². The molecule has 0 aliphatic carbocycles. The third-order valence-corrected chi connectivity index (χ3v) is 3.70. The number of para-hydroxylation sites is 1. The molecule has 1 fully saturated rings. The molecule has 6 heteroatoms. The summed E-state index contributed by atoms with van der Waals surface area (Å²) in [6.07, 6.45) is 0.600. The average Bonchev–Trinajstić information content (AvgIpc) is 2.46. The molecule has 3 N–H and O–H groups in total. The average molecular weight is 283 g/mol. The molecular formula is C13H19ClN4O. The molecule has 0 aromatic heterocycles. The van der Waals surface area contributed by atoms with Crippen LogP contribution in [0.5, 0.6) is 0 Å². The van der Waals surface area contributed by atoms with Crippen LogP contribution in [0.3, 0.4) is 0 Å². The van der Waals surface area contributed by atoms with Crippen molar-refractivity contribution < 1.29 is 5.21 Å². The zero-order chi connectivity index (χ0) is 13.7. The lowest BCUT2D eigenvalue weighted by Crippen LogP contribution is -2.47. The van der Waals surface area contributed by atoms with Gasteiger partial charge in [-0.25, -0.2) is 0 Å². The molecule has 19 heavy (non-hydrogen) atoms. The van der Waals surface area contributed by atoms with E-state index in [2.05, 4.69) is 15.0 Å². The largest absolute Gasteiger partial charge is 0.409 e. The number of hydrogen-bond donors (Lipinski definition) is 2. The quantitative estimate of drug-likeness (QED) is 0.381. The Morgan fingerprint density at radius 1 is 1.26 bits per heavy atom. The fourth-order valence-corrected chi connectivity index (χ4v) is 2.50. The maximum atomic E-state index is 8.51. The van der Waals surface area contributed by atoms with Gasteiger partial charge in [-0.1, -0.05) is 28.9 Å². The molecule has 0 atom stereocenters. The van der Waals surface area contributed by atoms with E-state index in [0.717, 1.165) is 43.4 Å². The number of hydrogen-bond acceptors (Lipinski definition) is 4. The van der Waals surface area contributed by atoms with Crippen LogP contribution >= 0.6 is 11.6 Å². The van der Waals surface area contributed by atoms with Crippen molar-refractivity contribution in [3.63, 3.8) is 0 Å². The van der Waals surface area contributed by atoms with E-state index in [1.165, 1.54) is 0 Å². The highest BCUT2D eigenvalue weighted by Gasteiger charge is 2.18. The fourth-order valence-electron chi connectivity index (χ4n) is 2.24. The van der Waals surface area contributed by atoms with Crippen LogP contribution in [0.15, 0.2) is 29.4 Å². The molecule has 0 bridgehead atoms. The topological polar surface area (TPSA) is 65.1 Å². The molecule has 104 valence electrons. The molecule has 0 amide bonds. The Labute approximate surface area is 118 Å². The monoisotopic (exact) mass is 282 g/mol. The normalized spacial score (nSPS) is 17.7. The van der Waals surface area contributed by atoms with Crippen molar-refractivity contribution in [2.24, 2.45) is 10.9 Å². The van der Waals surface area contributed by atoms with Gasteiger partial charge in [0.15, 0.2) is 0 Å². The van der Waals surface area contributed by atoms with Gasteiger partial charge in [-0.2, -0.15) is 0 Å². The van der Waals surface area contributed by atoms with Crippen LogP contribution < -0.4 is 10.6 Å². The van der Waals surface area contributed by atoms with Crippen molar-refractivity contribution in [3.8, 4) is 0 Å². The Bertz CT molecular complexity index is 444. The van der Waals surface area contributed by atoms with E-state index in [4.69, 9.17) is 22.5 Å². The SMILES string of the molecule is N/C(CCN1CCN(c2ccccc2Cl)CC1)=N\O. The summed E-state index contributed by atoms with van der Waals surface area (Å²) in [5.41, 5.74) is 6.57. The van der Waals surface area contributed by atoms with Crippen LogP contribution in [0.1, 0.15) is 6.42 Å². The minimum atomic E-state index is 0.286. The lowest BCUT2D eigenvalue weighted by molar-refractivity contribution is 0.262. The summed E-state index contributed by atoms with van der Waals surface area (Å²) in [4.78, 5) is 4.60. The van der Waals surface area contributed by atoms with Gasteiger partial charge in [0.05, 0.1) is 10.7 Å². The molecule has 2 rings (SSSR count). The van der Waals surface area contributed by atoms with E-state index < -0.39 is 0 Å². The first-order valence-electron chi connectivity index (χ1n) is 6.39. The molecule has 1 aliphatic heterocycles. The van der Waals surface area contributed by atoms with Gasteiger partial charge in [0.2, 0.25) is 0 Å². The molecule has 1 aliphatic rings.